The Kier molecular flexibility index (Phi) is 16.1. The molecule has 10 rings (SSSR count). The second kappa shape index (κ2) is 22.7. The fourth-order valence-corrected chi connectivity index (χ4v) is 9.97. The van der Waals surface area contributed by atoms with Crippen molar-refractivity contribution in [2.45, 2.75) is 104 Å². The van der Waals surface area contributed by atoms with Gasteiger partial charge in [0.2, 0.25) is 0 Å². The lowest BCUT2D eigenvalue weighted by molar-refractivity contribution is 0.0945. The maximum absolute atomic E-state index is 12.6. The molecule has 0 fully saturated rings. The summed E-state index contributed by atoms with van der Waals surface area (Å²) in [6.07, 6.45) is 9.14. The van der Waals surface area contributed by atoms with Crippen LogP contribution in [0.4, 0.5) is 0 Å². The number of pyridine rings is 1. The van der Waals surface area contributed by atoms with Crippen LogP contribution in [0.25, 0.3) is 10.9 Å². The van der Waals surface area contributed by atoms with Crippen molar-refractivity contribution < 1.29 is 19.1 Å². The number of aryl methyl sites for hydroxylation is 7. The first kappa shape index (κ1) is 50.9. The van der Waals surface area contributed by atoms with E-state index in [0.717, 1.165) is 119 Å². The number of carbonyl (C=O) groups excluding carboxylic acids is 3. The molecule has 4 heterocycles. The average Bonchev–Trinajstić information content (AvgIpc) is 3.35. The zero-order valence-electron chi connectivity index (χ0n) is 42.1. The molecule has 0 radical (unpaired) electrons. The quantitative estimate of drug-likeness (QED) is 0.114. The number of Topliss-reactive ketones (excluding diaryl/α,β-unsaturated/α-hetero) is 3. The number of nitrogens with zero attached hydrogens (tertiary/aromatic N) is 7. The van der Waals surface area contributed by atoms with E-state index in [0.29, 0.717) is 36.4 Å². The zero-order chi connectivity index (χ0) is 51.1. The number of hydrogen-bond donors (Lipinski definition) is 0. The second-order valence-corrected chi connectivity index (χ2v) is 19.9. The third-order valence-corrected chi connectivity index (χ3v) is 13.9. The monoisotopic (exact) mass is 969 g/mol. The van der Waals surface area contributed by atoms with E-state index < -0.39 is 0 Å². The molecule has 372 valence electrons. The van der Waals surface area contributed by atoms with Crippen LogP contribution in [-0.2, 0) is 59.7 Å². The Labute approximate surface area is 419 Å². The molecule has 0 bridgehead atoms. The Morgan fingerprint density at radius 1 is 0.556 bits per heavy atom. The Balaban J connectivity index is 0.000000145. The van der Waals surface area contributed by atoms with Gasteiger partial charge in [0, 0.05) is 75.1 Å². The minimum atomic E-state index is -0.0954. The Hall–Kier alpha value is -7.48. The lowest BCUT2D eigenvalue weighted by Gasteiger charge is -2.23. The summed E-state index contributed by atoms with van der Waals surface area (Å²) in [5.74, 6) is 1.98. The van der Waals surface area contributed by atoms with Crippen molar-refractivity contribution in [2.24, 2.45) is 38.9 Å². The third-order valence-electron chi connectivity index (χ3n) is 13.9. The van der Waals surface area contributed by atoms with Gasteiger partial charge in [0.1, 0.15) is 11.4 Å². The standard InChI is InChI=1S/C20H19N3O2.C20H24N2O3.C18H20N2O2/c1-23-20(25)12-15-10-13(6-8-17(15)22-23)11-19(24)18-9-7-14-4-2-3-5-16(14)21-18;1-13(2)25-17-7-5-15(6-8-17)19(23)11-14-4-9-18-16(10-14)12-20(24)22(3)21-18;1-12-4-3-5-14(8-12)17(21)10-13-6-7-16-15(9-13)11-18(22)20(2)19-16/h2-5,7,9,12-13H,6,8,10-11H2,1H3;5-8,12-14H,4,9-11H2,1-3H3;3-5,8,11,13H,6-7,9-10H2,1-2H3. The molecule has 0 saturated heterocycles. The molecule has 0 aliphatic heterocycles. The molecule has 0 saturated carbocycles. The average molecular weight is 970 g/mol. The Morgan fingerprint density at radius 3 is 1.51 bits per heavy atom. The first-order valence-electron chi connectivity index (χ1n) is 25.0. The minimum absolute atomic E-state index is 0.0657. The molecule has 3 aliphatic rings. The summed E-state index contributed by atoms with van der Waals surface area (Å²) in [4.78, 5) is 77.4. The van der Waals surface area contributed by atoms with Crippen LogP contribution in [0.1, 0.15) is 123 Å². The van der Waals surface area contributed by atoms with Crippen molar-refractivity contribution in [1.82, 2.24) is 34.3 Å². The molecule has 7 aromatic rings. The van der Waals surface area contributed by atoms with Gasteiger partial charge in [-0.1, -0.05) is 48.0 Å². The number of carbonyl (C=O) groups is 3. The van der Waals surface area contributed by atoms with Crippen LogP contribution in [0.5, 0.6) is 5.75 Å². The molecule has 0 N–H and O–H groups in total. The molecule has 4 aromatic heterocycles. The smallest absolute Gasteiger partial charge is 0.266 e. The van der Waals surface area contributed by atoms with Gasteiger partial charge in [-0.3, -0.25) is 28.8 Å². The second-order valence-electron chi connectivity index (χ2n) is 19.9. The van der Waals surface area contributed by atoms with Crippen molar-refractivity contribution in [3.8, 4) is 5.75 Å². The van der Waals surface area contributed by atoms with Crippen molar-refractivity contribution in [3.05, 3.63) is 190 Å². The fourth-order valence-electron chi connectivity index (χ4n) is 9.97. The van der Waals surface area contributed by atoms with Gasteiger partial charge in [0.05, 0.1) is 28.7 Å². The van der Waals surface area contributed by atoms with Gasteiger partial charge in [0.25, 0.3) is 16.7 Å². The highest BCUT2D eigenvalue weighted by atomic mass is 16.5. The van der Waals surface area contributed by atoms with Crippen LogP contribution >= 0.6 is 0 Å². The Bertz CT molecular complexity index is 3320. The van der Waals surface area contributed by atoms with E-state index in [4.69, 9.17) is 4.74 Å². The summed E-state index contributed by atoms with van der Waals surface area (Å²) in [5.41, 5.74) is 9.66. The van der Waals surface area contributed by atoms with Crippen LogP contribution in [0.2, 0.25) is 0 Å². The van der Waals surface area contributed by atoms with E-state index in [9.17, 15) is 28.8 Å². The van der Waals surface area contributed by atoms with Crippen molar-refractivity contribution in [1.29, 1.82) is 0 Å². The normalized spacial score (nSPS) is 16.7. The summed E-state index contributed by atoms with van der Waals surface area (Å²) >= 11 is 0. The largest absolute Gasteiger partial charge is 0.491 e. The number of aromatic nitrogens is 7. The number of ketones is 3. The number of para-hydroxylation sites is 1. The van der Waals surface area contributed by atoms with Gasteiger partial charge in [-0.2, -0.15) is 15.3 Å². The van der Waals surface area contributed by atoms with Gasteiger partial charge in [-0.15, -0.1) is 0 Å². The summed E-state index contributed by atoms with van der Waals surface area (Å²) in [7, 11) is 5.02. The fraction of sp³-hybridized carbons (Fsp3) is 0.379. The van der Waals surface area contributed by atoms with Gasteiger partial charge in [-0.25, -0.2) is 19.0 Å². The third kappa shape index (κ3) is 12.9. The SMILES string of the molecule is CC(C)Oc1ccc(C(=O)CC2CCc3nn(C)c(=O)cc3C2)cc1.Cc1cccc(C(=O)CC2CCc3nn(C)c(=O)cc3C2)c1.Cn1nc2c(cc1=O)CC(CC(=O)c1ccc3ccccc3n1)CC2. The molecule has 72 heavy (non-hydrogen) atoms. The predicted octanol–water partition coefficient (Wildman–Crippen LogP) is 8.12. The molecule has 3 unspecified atom stereocenters. The van der Waals surface area contributed by atoms with Crippen LogP contribution in [0, 0.1) is 24.7 Å². The van der Waals surface area contributed by atoms with Crippen LogP contribution in [0.15, 0.2) is 118 Å². The van der Waals surface area contributed by atoms with Crippen LogP contribution in [-0.4, -0.2) is 57.8 Å². The van der Waals surface area contributed by atoms with E-state index >= 15 is 0 Å². The number of fused-ring (bicyclic) bond motifs is 4. The summed E-state index contributed by atoms with van der Waals surface area (Å²) in [5, 5.41) is 14.0. The molecular formula is C58H63N7O7. The van der Waals surface area contributed by atoms with Crippen LogP contribution in [0.3, 0.4) is 0 Å². The number of hydrogen-bond acceptors (Lipinski definition) is 11. The Morgan fingerprint density at radius 2 is 1.03 bits per heavy atom. The molecular weight excluding hydrogens is 907 g/mol. The number of benzene rings is 3. The molecule has 3 aliphatic carbocycles. The maximum atomic E-state index is 12.6. The van der Waals surface area contributed by atoms with E-state index in [1.165, 1.54) is 14.0 Å². The molecule has 3 aromatic carbocycles. The van der Waals surface area contributed by atoms with E-state index in [1.807, 2.05) is 99.6 Å². The first-order chi connectivity index (χ1) is 34.5. The molecule has 0 spiro atoms. The van der Waals surface area contributed by atoms with Crippen LogP contribution < -0.4 is 21.4 Å². The predicted molar refractivity (Wildman–Crippen MR) is 277 cm³/mol. The summed E-state index contributed by atoms with van der Waals surface area (Å²) in [6, 6.07) is 31.6. The van der Waals surface area contributed by atoms with E-state index in [-0.39, 0.29) is 52.0 Å². The number of rotatable bonds is 11. The van der Waals surface area contributed by atoms with Crippen molar-refractivity contribution >= 4 is 28.3 Å². The molecule has 3 atom stereocenters. The maximum Gasteiger partial charge on any atom is 0.266 e. The van der Waals surface area contributed by atoms with E-state index in [2.05, 4.69) is 20.3 Å². The van der Waals surface area contributed by atoms with Crippen molar-refractivity contribution in [2.75, 3.05) is 0 Å². The summed E-state index contributed by atoms with van der Waals surface area (Å²) < 4.78 is 9.75. The topological polar surface area (TPSA) is 178 Å². The summed E-state index contributed by atoms with van der Waals surface area (Å²) in [6.45, 7) is 5.94. The van der Waals surface area contributed by atoms with E-state index in [1.54, 1.807) is 45.4 Å². The van der Waals surface area contributed by atoms with Gasteiger partial charge >= 0.3 is 0 Å². The van der Waals surface area contributed by atoms with Crippen molar-refractivity contribution in [3.63, 3.8) is 0 Å². The van der Waals surface area contributed by atoms with Gasteiger partial charge in [0.15, 0.2) is 17.3 Å². The van der Waals surface area contributed by atoms with Gasteiger partial charge in [-0.05, 0) is 155 Å². The lowest BCUT2D eigenvalue weighted by Crippen LogP contribution is -2.26. The number of ether oxygens (including phenoxy) is 1. The molecule has 0 amide bonds. The molecule has 14 heteroatoms. The molecule has 14 nitrogen and oxygen atoms in total. The van der Waals surface area contributed by atoms with Gasteiger partial charge < -0.3 is 4.74 Å². The minimum Gasteiger partial charge on any atom is -0.491 e. The lowest BCUT2D eigenvalue weighted by atomic mass is 9.83. The highest BCUT2D eigenvalue weighted by molar-refractivity contribution is 5.97. The first-order valence-corrected chi connectivity index (χ1v) is 25.0. The highest BCUT2D eigenvalue weighted by Crippen LogP contribution is 2.30. The zero-order valence-corrected chi connectivity index (χ0v) is 42.1. The highest BCUT2D eigenvalue weighted by Gasteiger charge is 2.26.